The van der Waals surface area contributed by atoms with E-state index in [0.717, 1.165) is 13.1 Å². The number of nitrogens with one attached hydrogen (secondary N) is 2. The third-order valence-electron chi connectivity index (χ3n) is 1.69. The van der Waals surface area contributed by atoms with Crippen molar-refractivity contribution in [3.8, 4) is 0 Å². The van der Waals surface area contributed by atoms with Gasteiger partial charge in [0, 0.05) is 18.6 Å². The Hall–Kier alpha value is 0.504. The van der Waals surface area contributed by atoms with Crippen molar-refractivity contribution in [3.05, 3.63) is 5.73 Å². The van der Waals surface area contributed by atoms with E-state index in [1.165, 1.54) is 12.8 Å². The molecule has 9 heavy (non-hydrogen) atoms. The van der Waals surface area contributed by atoms with Gasteiger partial charge < -0.3 is 11.1 Å². The van der Waals surface area contributed by atoms with E-state index in [1.54, 1.807) is 0 Å². The summed E-state index contributed by atoms with van der Waals surface area (Å²) >= 11 is 0. The van der Waals surface area contributed by atoms with Crippen molar-refractivity contribution in [1.29, 1.82) is 0 Å². The first-order chi connectivity index (χ1) is 3.93. The molecule has 0 spiro atoms. The molecule has 3 heteroatoms. The zero-order chi connectivity index (χ0) is 5.82. The number of hydrogen-bond acceptors (Lipinski definition) is 1. The molecule has 2 nitrogen and oxygen atoms in total. The molecule has 53 valence electrons. The Kier molecular flexibility index (Phi) is 5.60. The maximum absolute atomic E-state index is 7.06. The normalized spacial score (nSPS) is 27.0. The molecule has 0 bridgehead atoms. The van der Waals surface area contributed by atoms with Crippen LogP contribution in [0.1, 0.15) is 12.8 Å². The van der Waals surface area contributed by atoms with Crippen molar-refractivity contribution < 1.29 is 18.6 Å². The van der Waals surface area contributed by atoms with Gasteiger partial charge in [0.1, 0.15) is 0 Å². The first-order valence-electron chi connectivity index (χ1n) is 3.29. The average Bonchev–Trinajstić information content (AvgIpc) is 1.90. The zero-order valence-corrected chi connectivity index (χ0v) is 6.96. The maximum atomic E-state index is 7.06. The van der Waals surface area contributed by atoms with E-state index in [9.17, 15) is 0 Å². The molecule has 0 aromatic rings. The molecule has 1 heterocycles. The van der Waals surface area contributed by atoms with E-state index < -0.39 is 0 Å². The standard InChI is InChI=1S/C6H13N2.V/c7-4-6-2-1-3-8-5-6;/h6-8H,1-5H2;/q-1;. The Bertz CT molecular complexity index is 62.1. The van der Waals surface area contributed by atoms with Gasteiger partial charge in [-0.15, -0.1) is 6.54 Å². The minimum atomic E-state index is 0. The van der Waals surface area contributed by atoms with Crippen LogP contribution in [0.5, 0.6) is 0 Å². The van der Waals surface area contributed by atoms with Gasteiger partial charge in [-0.1, -0.05) is 0 Å². The van der Waals surface area contributed by atoms with Gasteiger partial charge in [-0.25, -0.2) is 0 Å². The summed E-state index contributed by atoms with van der Waals surface area (Å²) in [6, 6.07) is 0. The summed E-state index contributed by atoms with van der Waals surface area (Å²) in [6.07, 6.45) is 2.53. The Labute approximate surface area is 68.5 Å². The quantitative estimate of drug-likeness (QED) is 0.617. The summed E-state index contributed by atoms with van der Waals surface area (Å²) in [5.41, 5.74) is 7.06. The fourth-order valence-corrected chi connectivity index (χ4v) is 1.10. The molecule has 1 rings (SSSR count). The fourth-order valence-electron chi connectivity index (χ4n) is 1.10. The van der Waals surface area contributed by atoms with Crippen molar-refractivity contribution >= 4 is 0 Å². The van der Waals surface area contributed by atoms with Gasteiger partial charge in [0.05, 0.1) is 0 Å². The molecule has 1 aliphatic rings. The summed E-state index contributed by atoms with van der Waals surface area (Å²) in [7, 11) is 0. The molecule has 1 atom stereocenters. The Morgan fingerprint density at radius 1 is 1.56 bits per heavy atom. The van der Waals surface area contributed by atoms with Gasteiger partial charge in [0.15, 0.2) is 0 Å². The van der Waals surface area contributed by atoms with Gasteiger partial charge in [0.2, 0.25) is 0 Å². The van der Waals surface area contributed by atoms with Crippen molar-refractivity contribution in [2.45, 2.75) is 12.8 Å². The van der Waals surface area contributed by atoms with Gasteiger partial charge in [0.25, 0.3) is 0 Å². The van der Waals surface area contributed by atoms with Gasteiger partial charge in [-0.05, 0) is 31.8 Å². The van der Waals surface area contributed by atoms with Crippen LogP contribution in [0.2, 0.25) is 0 Å². The second kappa shape index (κ2) is 5.30. The largest absolute Gasteiger partial charge is 0.677 e. The van der Waals surface area contributed by atoms with E-state index >= 15 is 0 Å². The molecule has 1 unspecified atom stereocenters. The van der Waals surface area contributed by atoms with Crippen LogP contribution in [0.15, 0.2) is 0 Å². The van der Waals surface area contributed by atoms with Crippen LogP contribution in [-0.4, -0.2) is 19.6 Å². The predicted molar refractivity (Wildman–Crippen MR) is 34.8 cm³/mol. The topological polar surface area (TPSA) is 35.8 Å². The van der Waals surface area contributed by atoms with E-state index in [-0.39, 0.29) is 18.6 Å². The van der Waals surface area contributed by atoms with Crippen LogP contribution in [-0.2, 0) is 18.6 Å². The minimum absolute atomic E-state index is 0. The third kappa shape index (κ3) is 3.26. The third-order valence-corrected chi connectivity index (χ3v) is 1.69. The Morgan fingerprint density at radius 3 is 2.67 bits per heavy atom. The van der Waals surface area contributed by atoms with Crippen molar-refractivity contribution in [3.63, 3.8) is 0 Å². The van der Waals surface area contributed by atoms with Crippen molar-refractivity contribution in [1.82, 2.24) is 5.32 Å². The second-order valence-corrected chi connectivity index (χ2v) is 2.42. The Morgan fingerprint density at radius 2 is 2.33 bits per heavy atom. The van der Waals surface area contributed by atoms with Gasteiger partial charge in [-0.2, -0.15) is 0 Å². The van der Waals surface area contributed by atoms with Crippen molar-refractivity contribution in [2.24, 2.45) is 5.92 Å². The summed E-state index contributed by atoms with van der Waals surface area (Å²) in [5.74, 6) is 0.642. The molecular formula is C6H13N2V-. The summed E-state index contributed by atoms with van der Waals surface area (Å²) in [6.45, 7) is 2.84. The molecule has 0 aliphatic carbocycles. The molecule has 0 aromatic heterocycles. The predicted octanol–water partition coefficient (Wildman–Crippen LogP) is 1.04. The van der Waals surface area contributed by atoms with E-state index in [0.29, 0.717) is 12.5 Å². The number of piperidine rings is 1. The molecule has 1 radical (unpaired) electrons. The second-order valence-electron chi connectivity index (χ2n) is 2.42. The molecule has 1 saturated heterocycles. The van der Waals surface area contributed by atoms with E-state index in [1.807, 2.05) is 0 Å². The molecule has 0 amide bonds. The fraction of sp³-hybridized carbons (Fsp3) is 1.00. The molecule has 1 fully saturated rings. The summed E-state index contributed by atoms with van der Waals surface area (Å²) in [5, 5.41) is 3.27. The van der Waals surface area contributed by atoms with Crippen molar-refractivity contribution in [2.75, 3.05) is 19.6 Å². The molecule has 1 aliphatic heterocycles. The Balaban J connectivity index is 0.000000640. The smallest absolute Gasteiger partial charge is 0 e. The molecule has 0 saturated carbocycles. The van der Waals surface area contributed by atoms with Crippen LogP contribution in [0.25, 0.3) is 5.73 Å². The first kappa shape index (κ1) is 9.50. The molecule has 2 N–H and O–H groups in total. The van der Waals surface area contributed by atoms with Crippen LogP contribution < -0.4 is 5.32 Å². The average molecular weight is 164 g/mol. The zero-order valence-electron chi connectivity index (χ0n) is 5.56. The van der Waals surface area contributed by atoms with E-state index in [4.69, 9.17) is 5.73 Å². The number of hydrogen-bond donors (Lipinski definition) is 1. The summed E-state index contributed by atoms with van der Waals surface area (Å²) in [4.78, 5) is 0. The minimum Gasteiger partial charge on any atom is -0.677 e. The maximum Gasteiger partial charge on any atom is 0 e. The number of rotatable bonds is 1. The van der Waals surface area contributed by atoms with Gasteiger partial charge in [-0.3, -0.25) is 0 Å². The molecule has 0 aromatic carbocycles. The van der Waals surface area contributed by atoms with Crippen LogP contribution in [0, 0.1) is 5.92 Å². The van der Waals surface area contributed by atoms with Crippen LogP contribution in [0.4, 0.5) is 0 Å². The van der Waals surface area contributed by atoms with Crippen LogP contribution in [0.3, 0.4) is 0 Å². The summed E-state index contributed by atoms with van der Waals surface area (Å²) < 4.78 is 0. The van der Waals surface area contributed by atoms with Crippen LogP contribution >= 0.6 is 0 Å². The van der Waals surface area contributed by atoms with E-state index in [2.05, 4.69) is 5.32 Å². The van der Waals surface area contributed by atoms with Gasteiger partial charge >= 0.3 is 0 Å². The first-order valence-corrected chi connectivity index (χ1v) is 3.29. The SMILES string of the molecule is [NH-]CC1CCCNC1.[V]. The molecular weight excluding hydrogens is 151 g/mol. The monoisotopic (exact) mass is 164 g/mol.